The highest BCUT2D eigenvalue weighted by Crippen LogP contribution is 2.33. The number of anilines is 1. The molecule has 2 heterocycles. The molecule has 3 N–H and O–H groups in total. The third-order valence-electron chi connectivity index (χ3n) is 5.92. The van der Waals surface area contributed by atoms with Crippen molar-refractivity contribution in [3.8, 4) is 5.69 Å². The van der Waals surface area contributed by atoms with Crippen LogP contribution in [0.25, 0.3) is 11.8 Å². The van der Waals surface area contributed by atoms with Gasteiger partial charge in [0.25, 0.3) is 5.91 Å². The lowest BCUT2D eigenvalue weighted by atomic mass is 10.1. The zero-order valence-corrected chi connectivity index (χ0v) is 19.9. The van der Waals surface area contributed by atoms with Crippen LogP contribution in [0.4, 0.5) is 5.69 Å². The lowest BCUT2D eigenvalue weighted by Crippen LogP contribution is -2.30. The Labute approximate surface area is 197 Å². The second kappa shape index (κ2) is 9.19. The Morgan fingerprint density at radius 3 is 2.58 bits per heavy atom. The quantitative estimate of drug-likeness (QED) is 0.436. The van der Waals surface area contributed by atoms with E-state index in [1.54, 1.807) is 12.1 Å². The predicted molar refractivity (Wildman–Crippen MR) is 134 cm³/mol. The highest BCUT2D eigenvalue weighted by atomic mass is 32.2. The number of aryl methyl sites for hydroxylation is 2. The monoisotopic (exact) mass is 461 g/mol. The van der Waals surface area contributed by atoms with E-state index in [0.29, 0.717) is 10.5 Å². The molecule has 4 rings (SSSR count). The number of amides is 1. The smallest absolute Gasteiger partial charge is 0.336 e. The van der Waals surface area contributed by atoms with Gasteiger partial charge in [0.1, 0.15) is 0 Å². The SMILES string of the molecule is CCc1ccc(N[C@H]2NC(=O)/C(=C/c3cc(C)n(-c4cccc(C(=O)O)c4C)c3C)S2)cc1. The molecule has 1 saturated heterocycles. The molecule has 1 aliphatic rings. The molecule has 2 aromatic carbocycles. The van der Waals surface area contributed by atoms with Crippen LogP contribution in [0.1, 0.15) is 45.4 Å². The Kier molecular flexibility index (Phi) is 6.33. The summed E-state index contributed by atoms with van der Waals surface area (Å²) in [5.41, 5.74) is 6.65. The summed E-state index contributed by atoms with van der Waals surface area (Å²) < 4.78 is 2.04. The second-order valence-corrected chi connectivity index (χ2v) is 9.24. The number of thioether (sulfide) groups is 1. The van der Waals surface area contributed by atoms with Crippen molar-refractivity contribution in [2.24, 2.45) is 0 Å². The van der Waals surface area contributed by atoms with Crippen LogP contribution < -0.4 is 10.6 Å². The van der Waals surface area contributed by atoms with Crippen molar-refractivity contribution in [3.05, 3.63) is 87.1 Å². The van der Waals surface area contributed by atoms with Gasteiger partial charge in [-0.1, -0.05) is 36.9 Å². The van der Waals surface area contributed by atoms with Crippen molar-refractivity contribution in [2.75, 3.05) is 5.32 Å². The number of rotatable bonds is 6. The van der Waals surface area contributed by atoms with Crippen molar-refractivity contribution in [2.45, 2.75) is 39.6 Å². The van der Waals surface area contributed by atoms with E-state index in [2.05, 4.69) is 29.7 Å². The largest absolute Gasteiger partial charge is 0.478 e. The van der Waals surface area contributed by atoms with Gasteiger partial charge in [0.2, 0.25) is 0 Å². The van der Waals surface area contributed by atoms with Crippen molar-refractivity contribution >= 4 is 35.4 Å². The van der Waals surface area contributed by atoms with Crippen LogP contribution in [0.2, 0.25) is 0 Å². The van der Waals surface area contributed by atoms with Crippen molar-refractivity contribution < 1.29 is 14.7 Å². The Morgan fingerprint density at radius 2 is 1.91 bits per heavy atom. The van der Waals surface area contributed by atoms with E-state index in [1.165, 1.54) is 17.3 Å². The number of carboxylic acid groups (broad SMARTS) is 1. The number of nitrogens with zero attached hydrogens (tertiary/aromatic N) is 1. The first-order valence-electron chi connectivity index (χ1n) is 10.9. The summed E-state index contributed by atoms with van der Waals surface area (Å²) in [5, 5.41) is 15.8. The number of hydrogen-bond donors (Lipinski definition) is 3. The maximum absolute atomic E-state index is 12.6. The first-order valence-corrected chi connectivity index (χ1v) is 11.7. The van der Waals surface area contributed by atoms with Gasteiger partial charge in [-0.25, -0.2) is 4.79 Å². The summed E-state index contributed by atoms with van der Waals surface area (Å²) >= 11 is 1.45. The van der Waals surface area contributed by atoms with Crippen LogP contribution in [0.5, 0.6) is 0 Å². The lowest BCUT2D eigenvalue weighted by molar-refractivity contribution is -0.116. The Hall–Kier alpha value is -3.45. The standard InChI is InChI=1S/C26H27N3O3S/c1-5-18-9-11-20(12-10-18)27-26-28-24(30)23(33-26)14-19-13-15(2)29(17(19)4)22-8-6-7-21(16(22)3)25(31)32/h6-14,26-27H,5H2,1-4H3,(H,28,30)(H,31,32)/b23-14-/t26-/m0/s1. The van der Waals surface area contributed by atoms with E-state index in [0.717, 1.165) is 34.7 Å². The molecule has 7 heteroatoms. The minimum atomic E-state index is -0.943. The summed E-state index contributed by atoms with van der Waals surface area (Å²) in [6, 6.07) is 15.5. The average Bonchev–Trinajstić information content (AvgIpc) is 3.26. The maximum atomic E-state index is 12.6. The average molecular weight is 462 g/mol. The molecule has 1 atom stereocenters. The number of carboxylic acids is 1. The number of hydrogen-bond acceptors (Lipinski definition) is 4. The molecular formula is C26H27N3O3S. The van der Waals surface area contributed by atoms with Gasteiger partial charge in [0.15, 0.2) is 5.50 Å². The summed E-state index contributed by atoms with van der Waals surface area (Å²) in [5.74, 6) is -1.06. The molecule has 3 aromatic rings. The normalized spacial score (nSPS) is 16.8. The molecule has 0 bridgehead atoms. The third kappa shape index (κ3) is 4.54. The number of benzene rings is 2. The summed E-state index contributed by atoms with van der Waals surface area (Å²) in [6.45, 7) is 7.90. The minimum Gasteiger partial charge on any atom is -0.478 e. The van der Waals surface area contributed by atoms with Gasteiger partial charge in [0.05, 0.1) is 10.5 Å². The molecule has 1 fully saturated rings. The Morgan fingerprint density at radius 1 is 1.18 bits per heavy atom. The Bertz CT molecular complexity index is 1260. The van der Waals surface area contributed by atoms with Crippen molar-refractivity contribution in [1.82, 2.24) is 9.88 Å². The van der Waals surface area contributed by atoms with Gasteiger partial charge in [-0.15, -0.1) is 0 Å². The highest BCUT2D eigenvalue weighted by molar-refractivity contribution is 8.05. The lowest BCUT2D eigenvalue weighted by Gasteiger charge is -2.14. The summed E-state index contributed by atoms with van der Waals surface area (Å²) in [7, 11) is 0. The molecule has 1 amide bonds. The highest BCUT2D eigenvalue weighted by Gasteiger charge is 2.27. The molecule has 6 nitrogen and oxygen atoms in total. The molecule has 0 radical (unpaired) electrons. The molecule has 170 valence electrons. The number of aromatic nitrogens is 1. The predicted octanol–water partition coefficient (Wildman–Crippen LogP) is 5.26. The summed E-state index contributed by atoms with van der Waals surface area (Å²) in [4.78, 5) is 24.8. The van der Waals surface area contributed by atoms with Crippen LogP contribution >= 0.6 is 11.8 Å². The second-order valence-electron chi connectivity index (χ2n) is 8.09. The zero-order chi connectivity index (χ0) is 23.7. The fourth-order valence-electron chi connectivity index (χ4n) is 4.10. The first-order chi connectivity index (χ1) is 15.8. The van der Waals surface area contributed by atoms with Crippen LogP contribution in [0.15, 0.2) is 53.4 Å². The van der Waals surface area contributed by atoms with E-state index < -0.39 is 5.97 Å². The fourth-order valence-corrected chi connectivity index (χ4v) is 5.07. The van der Waals surface area contributed by atoms with Gasteiger partial charge < -0.3 is 20.3 Å². The van der Waals surface area contributed by atoms with Gasteiger partial charge in [-0.2, -0.15) is 0 Å². The molecule has 1 aromatic heterocycles. The molecule has 0 unspecified atom stereocenters. The van der Waals surface area contributed by atoms with E-state index in [1.807, 2.05) is 55.7 Å². The summed E-state index contributed by atoms with van der Waals surface area (Å²) in [6.07, 6.45) is 2.89. The van der Waals surface area contributed by atoms with Crippen LogP contribution in [0, 0.1) is 20.8 Å². The zero-order valence-electron chi connectivity index (χ0n) is 19.1. The fraction of sp³-hybridized carbons (Fsp3) is 0.231. The molecule has 33 heavy (non-hydrogen) atoms. The van der Waals surface area contributed by atoms with Gasteiger partial charge in [-0.05, 0) is 80.3 Å². The molecule has 0 saturated carbocycles. The van der Waals surface area contributed by atoms with Crippen LogP contribution in [0.3, 0.4) is 0 Å². The molecule has 1 aliphatic heterocycles. The molecule has 0 aliphatic carbocycles. The maximum Gasteiger partial charge on any atom is 0.336 e. The van der Waals surface area contributed by atoms with Gasteiger partial charge >= 0.3 is 5.97 Å². The minimum absolute atomic E-state index is 0.114. The van der Waals surface area contributed by atoms with Crippen LogP contribution in [-0.2, 0) is 11.2 Å². The van der Waals surface area contributed by atoms with E-state index >= 15 is 0 Å². The van der Waals surface area contributed by atoms with Crippen molar-refractivity contribution in [3.63, 3.8) is 0 Å². The van der Waals surface area contributed by atoms with Crippen molar-refractivity contribution in [1.29, 1.82) is 0 Å². The molecule has 0 spiro atoms. The number of carbonyl (C=O) groups is 2. The van der Waals surface area contributed by atoms with Gasteiger partial charge in [-0.3, -0.25) is 4.79 Å². The van der Waals surface area contributed by atoms with E-state index in [9.17, 15) is 14.7 Å². The molecular weight excluding hydrogens is 434 g/mol. The van der Waals surface area contributed by atoms with E-state index in [4.69, 9.17) is 0 Å². The number of carbonyl (C=O) groups excluding carboxylic acids is 1. The Balaban J connectivity index is 1.59. The number of nitrogens with one attached hydrogen (secondary N) is 2. The van der Waals surface area contributed by atoms with Crippen LogP contribution in [-0.4, -0.2) is 27.0 Å². The van der Waals surface area contributed by atoms with Gasteiger partial charge in [0, 0.05) is 22.8 Å². The number of aromatic carboxylic acids is 1. The topological polar surface area (TPSA) is 83.4 Å². The third-order valence-corrected chi connectivity index (χ3v) is 6.95. The first kappa shape index (κ1) is 22.7. The van der Waals surface area contributed by atoms with E-state index in [-0.39, 0.29) is 17.0 Å².